The van der Waals surface area contributed by atoms with Gasteiger partial charge >= 0.3 is 0 Å². The molecule has 120 valence electrons. The summed E-state index contributed by atoms with van der Waals surface area (Å²) in [6, 6.07) is 6.10. The fourth-order valence-electron chi connectivity index (χ4n) is 2.94. The van der Waals surface area contributed by atoms with Gasteiger partial charge in [-0.2, -0.15) is 0 Å². The minimum atomic E-state index is -0.0366. The minimum absolute atomic E-state index is 0.0366. The van der Waals surface area contributed by atoms with Crippen LogP contribution < -0.4 is 0 Å². The van der Waals surface area contributed by atoms with Gasteiger partial charge < -0.3 is 9.52 Å². The fraction of sp³-hybridized carbons (Fsp3) is 0.353. The molecule has 0 radical (unpaired) electrons. The van der Waals surface area contributed by atoms with E-state index >= 15 is 0 Å². The highest BCUT2D eigenvalue weighted by Crippen LogP contribution is 2.35. The smallest absolute Gasteiger partial charge is 0.129 e. The lowest BCUT2D eigenvalue weighted by Crippen LogP contribution is -2.28. The molecule has 1 aliphatic rings. The fourth-order valence-corrected chi connectivity index (χ4v) is 4.75. The molecule has 0 amide bonds. The zero-order valence-corrected chi connectivity index (χ0v) is 14.5. The van der Waals surface area contributed by atoms with Gasteiger partial charge in [0.05, 0.1) is 22.1 Å². The Morgan fingerprint density at radius 3 is 2.96 bits per heavy atom. The van der Waals surface area contributed by atoms with E-state index in [2.05, 4.69) is 21.3 Å². The highest BCUT2D eigenvalue weighted by atomic mass is 32.1. The Morgan fingerprint density at radius 1 is 1.35 bits per heavy atom. The molecule has 1 aliphatic heterocycles. The molecule has 23 heavy (non-hydrogen) atoms. The Labute approximate surface area is 143 Å². The van der Waals surface area contributed by atoms with E-state index in [0.717, 1.165) is 42.5 Å². The molecule has 0 aliphatic carbocycles. The van der Waals surface area contributed by atoms with Gasteiger partial charge in [-0.15, -0.1) is 22.7 Å². The van der Waals surface area contributed by atoms with Crippen LogP contribution in [-0.2, 0) is 26.1 Å². The summed E-state index contributed by atoms with van der Waals surface area (Å²) in [6.45, 7) is 4.79. The molecule has 0 atom stereocenters. The topological polar surface area (TPSA) is 49.5 Å². The number of fused-ring (bicyclic) bond motifs is 1. The molecule has 0 fully saturated rings. The number of rotatable bonds is 4. The Bertz CT molecular complexity index is 818. The first-order valence-corrected chi connectivity index (χ1v) is 9.36. The van der Waals surface area contributed by atoms with Crippen LogP contribution in [0.1, 0.15) is 27.0 Å². The summed E-state index contributed by atoms with van der Waals surface area (Å²) in [6.07, 6.45) is 1.08. The van der Waals surface area contributed by atoms with Crippen LogP contribution in [0.3, 0.4) is 0 Å². The van der Waals surface area contributed by atoms with Crippen molar-refractivity contribution in [2.75, 3.05) is 6.54 Å². The average molecular weight is 346 g/mol. The van der Waals surface area contributed by atoms with E-state index in [1.54, 1.807) is 11.3 Å². The summed E-state index contributed by atoms with van der Waals surface area (Å²) in [5, 5.41) is 12.3. The van der Waals surface area contributed by atoms with Crippen molar-refractivity contribution in [2.24, 2.45) is 0 Å². The van der Waals surface area contributed by atoms with Gasteiger partial charge in [0.2, 0.25) is 0 Å². The monoisotopic (exact) mass is 346 g/mol. The van der Waals surface area contributed by atoms with Crippen LogP contribution in [-0.4, -0.2) is 21.5 Å². The number of nitrogens with zero attached hydrogens (tertiary/aromatic N) is 2. The zero-order chi connectivity index (χ0) is 15.8. The van der Waals surface area contributed by atoms with Crippen molar-refractivity contribution in [1.82, 2.24) is 9.88 Å². The van der Waals surface area contributed by atoms with Crippen molar-refractivity contribution in [3.05, 3.63) is 50.5 Å². The number of aliphatic hydroxyl groups excluding tert-OH is 1. The maximum absolute atomic E-state index is 9.09. The van der Waals surface area contributed by atoms with E-state index in [9.17, 15) is 0 Å². The zero-order valence-electron chi connectivity index (χ0n) is 12.9. The van der Waals surface area contributed by atoms with E-state index in [0.29, 0.717) is 5.76 Å². The molecule has 3 aromatic heterocycles. The van der Waals surface area contributed by atoms with Gasteiger partial charge in [0.15, 0.2) is 0 Å². The molecule has 0 bridgehead atoms. The second kappa shape index (κ2) is 6.20. The third-order valence-corrected chi connectivity index (χ3v) is 6.10. The largest absolute Gasteiger partial charge is 0.462 e. The van der Waals surface area contributed by atoms with Crippen molar-refractivity contribution in [1.29, 1.82) is 0 Å². The number of aromatic nitrogens is 1. The van der Waals surface area contributed by atoms with Crippen molar-refractivity contribution >= 4 is 22.7 Å². The highest BCUT2D eigenvalue weighted by molar-refractivity contribution is 7.16. The summed E-state index contributed by atoms with van der Waals surface area (Å²) in [5.74, 6) is 1.55. The van der Waals surface area contributed by atoms with Gasteiger partial charge in [-0.05, 0) is 37.1 Å². The first-order valence-electron chi connectivity index (χ1n) is 7.66. The first kappa shape index (κ1) is 15.1. The summed E-state index contributed by atoms with van der Waals surface area (Å²) in [4.78, 5) is 9.76. The molecular formula is C17H18N2O2S2. The number of hydrogen-bond acceptors (Lipinski definition) is 6. The molecule has 0 unspecified atom stereocenters. The van der Waals surface area contributed by atoms with Gasteiger partial charge in [-0.3, -0.25) is 4.90 Å². The second-order valence-electron chi connectivity index (χ2n) is 5.80. The van der Waals surface area contributed by atoms with Gasteiger partial charge in [-0.1, -0.05) is 0 Å². The molecule has 0 spiro atoms. The SMILES string of the molecule is Cc1nc(-c2cc3c(s2)CCN(Cc2ccc(CO)o2)C3)cs1. The standard InChI is InChI=1S/C17H18N2O2S2/c1-11-18-15(10-22-11)17-6-12-7-19(5-4-16(12)23-17)8-13-2-3-14(9-20)21-13/h2-3,6,10,20H,4-5,7-9H2,1H3. The predicted molar refractivity (Wildman–Crippen MR) is 92.6 cm³/mol. The van der Waals surface area contributed by atoms with Gasteiger partial charge in [-0.25, -0.2) is 4.98 Å². The number of aliphatic hydroxyl groups is 1. The molecule has 0 saturated heterocycles. The molecule has 4 rings (SSSR count). The summed E-state index contributed by atoms with van der Waals surface area (Å²) < 4.78 is 5.60. The lowest BCUT2D eigenvalue weighted by atomic mass is 10.1. The van der Waals surface area contributed by atoms with Crippen LogP contribution in [0, 0.1) is 6.92 Å². The Balaban J connectivity index is 1.49. The number of aryl methyl sites for hydroxylation is 1. The first-order chi connectivity index (χ1) is 11.2. The van der Waals surface area contributed by atoms with Crippen LogP contribution >= 0.6 is 22.7 Å². The van der Waals surface area contributed by atoms with Crippen LogP contribution in [0.15, 0.2) is 28.0 Å². The number of thiazole rings is 1. The van der Waals surface area contributed by atoms with Crippen molar-refractivity contribution in [3.63, 3.8) is 0 Å². The minimum Gasteiger partial charge on any atom is -0.462 e. The van der Waals surface area contributed by atoms with Gasteiger partial charge in [0.25, 0.3) is 0 Å². The summed E-state index contributed by atoms with van der Waals surface area (Å²) >= 11 is 3.58. The molecule has 0 saturated carbocycles. The molecule has 4 nitrogen and oxygen atoms in total. The number of furan rings is 1. The molecular weight excluding hydrogens is 328 g/mol. The molecule has 6 heteroatoms. The van der Waals surface area contributed by atoms with E-state index in [1.807, 2.05) is 30.4 Å². The highest BCUT2D eigenvalue weighted by Gasteiger charge is 2.21. The van der Waals surface area contributed by atoms with Crippen molar-refractivity contribution in [2.45, 2.75) is 33.0 Å². The Hall–Kier alpha value is -1.47. The lowest BCUT2D eigenvalue weighted by Gasteiger charge is -2.25. The molecule has 3 aromatic rings. The third kappa shape index (κ3) is 3.12. The molecule has 4 heterocycles. The number of hydrogen-bond donors (Lipinski definition) is 1. The summed E-state index contributed by atoms with van der Waals surface area (Å²) in [7, 11) is 0. The summed E-state index contributed by atoms with van der Waals surface area (Å²) in [5.41, 5.74) is 2.52. The van der Waals surface area contributed by atoms with Crippen LogP contribution in [0.25, 0.3) is 10.6 Å². The van der Waals surface area contributed by atoms with Gasteiger partial charge in [0.1, 0.15) is 18.1 Å². The molecule has 0 aromatic carbocycles. The Morgan fingerprint density at radius 2 is 2.22 bits per heavy atom. The van der Waals surface area contributed by atoms with Crippen LogP contribution in [0.2, 0.25) is 0 Å². The third-order valence-electron chi connectivity index (χ3n) is 4.07. The van der Waals surface area contributed by atoms with Crippen LogP contribution in [0.4, 0.5) is 0 Å². The van der Waals surface area contributed by atoms with Crippen molar-refractivity contribution in [3.8, 4) is 10.6 Å². The van der Waals surface area contributed by atoms with E-state index < -0.39 is 0 Å². The number of thiophene rings is 1. The maximum Gasteiger partial charge on any atom is 0.129 e. The van der Waals surface area contributed by atoms with E-state index in [1.165, 1.54) is 15.3 Å². The average Bonchev–Trinajstić information content (AvgIpc) is 3.25. The Kier molecular flexibility index (Phi) is 4.07. The normalized spacial score (nSPS) is 15.0. The van der Waals surface area contributed by atoms with Crippen LogP contribution in [0.5, 0.6) is 0 Å². The molecule has 1 N–H and O–H groups in total. The van der Waals surface area contributed by atoms with E-state index in [4.69, 9.17) is 9.52 Å². The lowest BCUT2D eigenvalue weighted by molar-refractivity contribution is 0.209. The second-order valence-corrected chi connectivity index (χ2v) is 8.00. The maximum atomic E-state index is 9.09. The predicted octanol–water partition coefficient (Wildman–Crippen LogP) is 3.82. The van der Waals surface area contributed by atoms with E-state index in [-0.39, 0.29) is 6.61 Å². The van der Waals surface area contributed by atoms with Crippen molar-refractivity contribution < 1.29 is 9.52 Å². The quantitative estimate of drug-likeness (QED) is 0.780. The van der Waals surface area contributed by atoms with Gasteiger partial charge in [0, 0.05) is 23.3 Å².